The summed E-state index contributed by atoms with van der Waals surface area (Å²) in [4.78, 5) is 0.304. The molecule has 0 bridgehead atoms. The first kappa shape index (κ1) is 11.8. The quantitative estimate of drug-likeness (QED) is 0.800. The van der Waals surface area contributed by atoms with Crippen LogP contribution in [0.3, 0.4) is 0 Å². The normalized spacial score (nSPS) is 18.5. The molecule has 1 aromatic heterocycles. The monoisotopic (exact) mass is 294 g/mol. The zero-order chi connectivity index (χ0) is 11.8. The average Bonchev–Trinajstić information content (AvgIpc) is 3.00. The molecule has 2 rings (SSSR count). The van der Waals surface area contributed by atoms with Gasteiger partial charge in [0.25, 0.3) is 0 Å². The Morgan fingerprint density at radius 2 is 2.00 bits per heavy atom. The molecule has 1 aliphatic carbocycles. The van der Waals surface area contributed by atoms with Gasteiger partial charge in [0.05, 0.1) is 5.69 Å². The number of halogens is 4. The van der Waals surface area contributed by atoms with E-state index < -0.39 is 11.9 Å². The predicted octanol–water partition coefficient (Wildman–Crippen LogP) is 3.21. The lowest BCUT2D eigenvalue weighted by atomic mass is 10.1. The minimum Gasteiger partial charge on any atom is -0.164 e. The van der Waals surface area contributed by atoms with Crippen molar-refractivity contribution in [1.82, 2.24) is 10.2 Å². The lowest BCUT2D eigenvalue weighted by molar-refractivity contribution is -0.141. The highest BCUT2D eigenvalue weighted by atomic mass is 79.9. The van der Waals surface area contributed by atoms with E-state index in [0.29, 0.717) is 22.9 Å². The largest absolute Gasteiger partial charge is 0.435 e. The molecule has 0 N–H and O–H groups in total. The van der Waals surface area contributed by atoms with Crippen molar-refractivity contribution in [2.24, 2.45) is 5.92 Å². The van der Waals surface area contributed by atoms with Gasteiger partial charge in [-0.1, -0.05) is 15.9 Å². The van der Waals surface area contributed by atoms with Gasteiger partial charge in [0.15, 0.2) is 5.69 Å². The number of rotatable bonds is 3. The van der Waals surface area contributed by atoms with Crippen LogP contribution in [0.4, 0.5) is 13.2 Å². The second kappa shape index (κ2) is 4.31. The van der Waals surface area contributed by atoms with Crippen molar-refractivity contribution in [3.05, 3.63) is 23.5 Å². The van der Waals surface area contributed by atoms with Gasteiger partial charge in [-0.3, -0.25) is 0 Å². The fourth-order valence-corrected chi connectivity index (χ4v) is 2.30. The molecule has 6 heteroatoms. The molecule has 2 nitrogen and oxygen atoms in total. The van der Waals surface area contributed by atoms with Crippen molar-refractivity contribution in [3.63, 3.8) is 0 Å². The van der Waals surface area contributed by atoms with E-state index in [4.69, 9.17) is 0 Å². The molecule has 1 heterocycles. The maximum Gasteiger partial charge on any atom is 0.435 e. The summed E-state index contributed by atoms with van der Waals surface area (Å²) >= 11 is 3.51. The van der Waals surface area contributed by atoms with Gasteiger partial charge in [-0.2, -0.15) is 18.3 Å². The molecule has 88 valence electrons. The molecule has 16 heavy (non-hydrogen) atoms. The maximum atomic E-state index is 12.2. The van der Waals surface area contributed by atoms with Crippen LogP contribution in [0.25, 0.3) is 0 Å². The van der Waals surface area contributed by atoms with Gasteiger partial charge in [0.2, 0.25) is 0 Å². The van der Waals surface area contributed by atoms with E-state index >= 15 is 0 Å². The van der Waals surface area contributed by atoms with Crippen LogP contribution in [-0.2, 0) is 12.6 Å². The number of aromatic nitrogens is 2. The SMILES string of the molecule is FC(F)(F)c1ccc(CC(Br)C2CC2)nn1. The smallest absolute Gasteiger partial charge is 0.164 e. The van der Waals surface area contributed by atoms with Gasteiger partial charge in [-0.25, -0.2) is 0 Å². The van der Waals surface area contributed by atoms with Gasteiger partial charge >= 0.3 is 6.18 Å². The van der Waals surface area contributed by atoms with Crippen LogP contribution in [0.5, 0.6) is 0 Å². The molecule has 1 fully saturated rings. The zero-order valence-electron chi connectivity index (χ0n) is 8.34. The Labute approximate surface area is 99.4 Å². The number of hydrogen-bond acceptors (Lipinski definition) is 2. The standard InChI is InChI=1S/C10H10BrF3N2/c11-8(6-1-2-6)5-7-3-4-9(16-15-7)10(12,13)14/h3-4,6,8H,1-2,5H2. The zero-order valence-corrected chi connectivity index (χ0v) is 9.92. The van der Waals surface area contributed by atoms with Gasteiger partial charge < -0.3 is 0 Å². The Bertz CT molecular complexity index is 359. The number of nitrogens with zero attached hydrogens (tertiary/aromatic N) is 2. The first-order valence-electron chi connectivity index (χ1n) is 5.00. The lowest BCUT2D eigenvalue weighted by Gasteiger charge is -2.08. The predicted molar refractivity (Wildman–Crippen MR) is 56.2 cm³/mol. The second-order valence-electron chi connectivity index (χ2n) is 3.97. The third-order valence-electron chi connectivity index (χ3n) is 2.55. The molecule has 1 saturated carbocycles. The molecular formula is C10H10BrF3N2. The topological polar surface area (TPSA) is 25.8 Å². The fraction of sp³-hybridized carbons (Fsp3) is 0.600. The highest BCUT2D eigenvalue weighted by Crippen LogP contribution is 2.38. The Morgan fingerprint density at radius 1 is 1.31 bits per heavy atom. The molecule has 1 aromatic rings. The molecule has 1 atom stereocenters. The Hall–Kier alpha value is -0.650. The molecule has 1 unspecified atom stereocenters. The molecule has 0 aliphatic heterocycles. The Kier molecular flexibility index (Phi) is 3.19. The fourth-order valence-electron chi connectivity index (χ4n) is 1.44. The van der Waals surface area contributed by atoms with Crippen LogP contribution in [0.15, 0.2) is 12.1 Å². The third-order valence-corrected chi connectivity index (χ3v) is 3.62. The Morgan fingerprint density at radius 3 is 2.44 bits per heavy atom. The van der Waals surface area contributed by atoms with Crippen molar-refractivity contribution in [2.75, 3.05) is 0 Å². The molecule has 0 saturated heterocycles. The summed E-state index contributed by atoms with van der Waals surface area (Å²) in [6.07, 6.45) is -1.40. The van der Waals surface area contributed by atoms with E-state index in [1.54, 1.807) is 0 Å². The molecule has 0 amide bonds. The van der Waals surface area contributed by atoms with Crippen LogP contribution in [0, 0.1) is 5.92 Å². The van der Waals surface area contributed by atoms with Crippen molar-refractivity contribution in [1.29, 1.82) is 0 Å². The maximum absolute atomic E-state index is 12.2. The van der Waals surface area contributed by atoms with Crippen LogP contribution in [0.2, 0.25) is 0 Å². The molecule has 0 aromatic carbocycles. The number of alkyl halides is 4. The highest BCUT2D eigenvalue weighted by molar-refractivity contribution is 9.09. The molecular weight excluding hydrogens is 285 g/mol. The van der Waals surface area contributed by atoms with E-state index in [1.807, 2.05) is 0 Å². The van der Waals surface area contributed by atoms with Gasteiger partial charge in [0, 0.05) is 11.2 Å². The summed E-state index contributed by atoms with van der Waals surface area (Å²) in [6, 6.07) is 2.38. The first-order valence-corrected chi connectivity index (χ1v) is 5.92. The van der Waals surface area contributed by atoms with Gasteiger partial charge in [-0.05, 0) is 30.9 Å². The molecule has 0 spiro atoms. The summed E-state index contributed by atoms with van der Waals surface area (Å²) < 4.78 is 36.6. The second-order valence-corrected chi connectivity index (χ2v) is 5.14. The van der Waals surface area contributed by atoms with E-state index in [0.717, 1.165) is 6.07 Å². The average molecular weight is 295 g/mol. The minimum atomic E-state index is -4.41. The summed E-state index contributed by atoms with van der Waals surface area (Å²) in [7, 11) is 0. The van der Waals surface area contributed by atoms with Crippen LogP contribution in [-0.4, -0.2) is 15.0 Å². The summed E-state index contributed by atoms with van der Waals surface area (Å²) in [5, 5.41) is 6.78. The van der Waals surface area contributed by atoms with Crippen molar-refractivity contribution in [3.8, 4) is 0 Å². The van der Waals surface area contributed by atoms with Crippen molar-refractivity contribution in [2.45, 2.75) is 30.3 Å². The van der Waals surface area contributed by atoms with Crippen LogP contribution >= 0.6 is 15.9 Å². The van der Waals surface area contributed by atoms with Crippen molar-refractivity contribution < 1.29 is 13.2 Å². The van der Waals surface area contributed by atoms with E-state index in [-0.39, 0.29) is 0 Å². The first-order chi connectivity index (χ1) is 7.47. The highest BCUT2D eigenvalue weighted by Gasteiger charge is 2.33. The number of hydrogen-bond donors (Lipinski definition) is 0. The minimum absolute atomic E-state index is 0.304. The van der Waals surface area contributed by atoms with Gasteiger partial charge in [0.1, 0.15) is 0 Å². The Balaban J connectivity index is 2.01. The molecule has 0 radical (unpaired) electrons. The van der Waals surface area contributed by atoms with Crippen molar-refractivity contribution >= 4 is 15.9 Å². The van der Waals surface area contributed by atoms with E-state index in [9.17, 15) is 13.2 Å². The van der Waals surface area contributed by atoms with E-state index in [2.05, 4.69) is 26.1 Å². The van der Waals surface area contributed by atoms with Crippen LogP contribution in [0.1, 0.15) is 24.2 Å². The molecule has 1 aliphatic rings. The summed E-state index contributed by atoms with van der Waals surface area (Å²) in [6.45, 7) is 0. The van der Waals surface area contributed by atoms with Crippen LogP contribution < -0.4 is 0 Å². The van der Waals surface area contributed by atoms with Gasteiger partial charge in [-0.15, -0.1) is 5.10 Å². The van der Waals surface area contributed by atoms with E-state index in [1.165, 1.54) is 18.9 Å². The summed E-state index contributed by atoms with van der Waals surface area (Å²) in [5.41, 5.74) is -0.337. The summed E-state index contributed by atoms with van der Waals surface area (Å²) in [5.74, 6) is 0.643. The third kappa shape index (κ3) is 2.93. The lowest BCUT2D eigenvalue weighted by Crippen LogP contribution is -2.12.